The molecule has 0 amide bonds. The molecule has 0 aliphatic carbocycles. The monoisotopic (exact) mass is 265 g/mol. The van der Waals surface area contributed by atoms with Gasteiger partial charge in [0.25, 0.3) is 0 Å². The van der Waals surface area contributed by atoms with Gasteiger partial charge in [-0.15, -0.1) is 0 Å². The van der Waals surface area contributed by atoms with Crippen LogP contribution >= 0.6 is 0 Å². The van der Waals surface area contributed by atoms with Crippen LogP contribution in [0.5, 0.6) is 0 Å². The van der Waals surface area contributed by atoms with Crippen LogP contribution in [-0.4, -0.2) is 16.1 Å². The van der Waals surface area contributed by atoms with E-state index in [9.17, 15) is 4.79 Å². The van der Waals surface area contributed by atoms with Crippen molar-refractivity contribution < 1.29 is 9.90 Å². The Kier molecular flexibility index (Phi) is 3.25. The number of benzene rings is 2. The van der Waals surface area contributed by atoms with E-state index in [-0.39, 0.29) is 0 Å². The molecule has 0 aliphatic heterocycles. The zero-order valence-corrected chi connectivity index (χ0v) is 11.0. The summed E-state index contributed by atoms with van der Waals surface area (Å²) in [5, 5.41) is 9.94. The quantitative estimate of drug-likeness (QED) is 0.756. The average molecular weight is 265 g/mol. The second kappa shape index (κ2) is 5.21. The summed E-state index contributed by atoms with van der Waals surface area (Å²) in [5.41, 5.74) is 3.74. The van der Waals surface area contributed by atoms with Gasteiger partial charge in [0.15, 0.2) is 0 Å². The van der Waals surface area contributed by atoms with Gasteiger partial charge in [-0.1, -0.05) is 30.3 Å². The number of rotatable bonds is 4. The average Bonchev–Trinajstić information content (AvgIpc) is 2.88. The summed E-state index contributed by atoms with van der Waals surface area (Å²) in [7, 11) is 0. The lowest BCUT2D eigenvalue weighted by molar-refractivity contribution is 0.0697. The predicted octanol–water partition coefficient (Wildman–Crippen LogP) is 3.65. The summed E-state index contributed by atoms with van der Waals surface area (Å²) in [5.74, 6) is -0.890. The second-order valence-electron chi connectivity index (χ2n) is 4.89. The van der Waals surface area contributed by atoms with Gasteiger partial charge in [0, 0.05) is 16.6 Å². The summed E-state index contributed by atoms with van der Waals surface area (Å²) in [6.45, 7) is 0. The first-order valence-corrected chi connectivity index (χ1v) is 6.61. The van der Waals surface area contributed by atoms with Crippen molar-refractivity contribution in [3.8, 4) is 0 Å². The Morgan fingerprint density at radius 1 is 1.00 bits per heavy atom. The number of hydrogen-bond acceptors (Lipinski definition) is 1. The number of aromatic carboxylic acids is 1. The van der Waals surface area contributed by atoms with Crippen molar-refractivity contribution in [2.75, 3.05) is 0 Å². The maximum absolute atomic E-state index is 11.0. The molecule has 0 fully saturated rings. The molecule has 1 heterocycles. The summed E-state index contributed by atoms with van der Waals surface area (Å²) < 4.78 is 0. The number of aromatic amines is 1. The lowest BCUT2D eigenvalue weighted by atomic mass is 10.1. The molecule has 0 spiro atoms. The summed E-state index contributed by atoms with van der Waals surface area (Å²) in [6.07, 6.45) is 1.89. The van der Waals surface area contributed by atoms with Crippen molar-refractivity contribution in [1.29, 1.82) is 0 Å². The molecule has 1 aromatic heterocycles. The van der Waals surface area contributed by atoms with E-state index in [1.807, 2.05) is 30.3 Å². The fraction of sp³-hybridized carbons (Fsp3) is 0.118. The lowest BCUT2D eigenvalue weighted by Gasteiger charge is -1.98. The highest BCUT2D eigenvalue weighted by molar-refractivity contribution is 5.93. The van der Waals surface area contributed by atoms with Crippen LogP contribution in [0, 0.1) is 0 Å². The zero-order valence-electron chi connectivity index (χ0n) is 11.0. The molecule has 0 bridgehead atoms. The van der Waals surface area contributed by atoms with Crippen LogP contribution in [0.15, 0.2) is 54.6 Å². The van der Waals surface area contributed by atoms with Gasteiger partial charge in [-0.25, -0.2) is 4.79 Å². The van der Waals surface area contributed by atoms with Gasteiger partial charge in [0.05, 0.1) is 5.56 Å². The smallest absolute Gasteiger partial charge is 0.335 e. The van der Waals surface area contributed by atoms with Gasteiger partial charge in [-0.05, 0) is 42.7 Å². The number of aryl methyl sites for hydroxylation is 2. The Hall–Kier alpha value is -2.55. The number of carboxylic acids is 1. The van der Waals surface area contributed by atoms with Crippen LogP contribution in [0.25, 0.3) is 10.9 Å². The molecule has 3 nitrogen and oxygen atoms in total. The van der Waals surface area contributed by atoms with E-state index < -0.39 is 5.97 Å². The Bertz CT molecular complexity index is 744. The number of carbonyl (C=O) groups is 1. The molecule has 20 heavy (non-hydrogen) atoms. The topological polar surface area (TPSA) is 53.1 Å². The number of hydrogen-bond donors (Lipinski definition) is 2. The normalized spacial score (nSPS) is 10.8. The highest BCUT2D eigenvalue weighted by Gasteiger charge is 2.06. The maximum atomic E-state index is 11.0. The van der Waals surface area contributed by atoms with Crippen LogP contribution in [0.3, 0.4) is 0 Å². The summed E-state index contributed by atoms with van der Waals surface area (Å²) in [6, 6.07) is 17.5. The van der Waals surface area contributed by atoms with E-state index in [0.29, 0.717) is 5.56 Å². The minimum Gasteiger partial charge on any atom is -0.478 e. The van der Waals surface area contributed by atoms with Crippen LogP contribution in [0.1, 0.15) is 21.6 Å². The minimum atomic E-state index is -0.890. The Morgan fingerprint density at radius 2 is 1.80 bits per heavy atom. The van der Waals surface area contributed by atoms with Crippen molar-refractivity contribution in [2.45, 2.75) is 12.8 Å². The molecular formula is C17H15NO2. The van der Waals surface area contributed by atoms with Crippen LogP contribution in [0.4, 0.5) is 0 Å². The van der Waals surface area contributed by atoms with Gasteiger partial charge in [0.2, 0.25) is 0 Å². The highest BCUT2D eigenvalue weighted by atomic mass is 16.4. The van der Waals surface area contributed by atoms with Gasteiger partial charge in [0.1, 0.15) is 0 Å². The van der Waals surface area contributed by atoms with Crippen LogP contribution < -0.4 is 0 Å². The Balaban J connectivity index is 1.80. The van der Waals surface area contributed by atoms with Gasteiger partial charge in [-0.3, -0.25) is 0 Å². The number of H-pyrrole nitrogens is 1. The van der Waals surface area contributed by atoms with Crippen molar-refractivity contribution in [2.24, 2.45) is 0 Å². The van der Waals surface area contributed by atoms with Gasteiger partial charge < -0.3 is 10.1 Å². The molecule has 0 saturated heterocycles. The van der Waals surface area contributed by atoms with Crippen LogP contribution in [0.2, 0.25) is 0 Å². The van der Waals surface area contributed by atoms with Crippen LogP contribution in [-0.2, 0) is 12.8 Å². The maximum Gasteiger partial charge on any atom is 0.335 e. The third kappa shape index (κ3) is 2.57. The van der Waals surface area contributed by atoms with Crippen molar-refractivity contribution in [3.05, 3.63) is 71.4 Å². The summed E-state index contributed by atoms with van der Waals surface area (Å²) >= 11 is 0. The molecule has 3 aromatic rings. The van der Waals surface area contributed by atoms with Gasteiger partial charge >= 0.3 is 5.97 Å². The molecular weight excluding hydrogens is 250 g/mol. The van der Waals surface area contributed by atoms with Crippen molar-refractivity contribution in [3.63, 3.8) is 0 Å². The molecule has 3 rings (SSSR count). The third-order valence-electron chi connectivity index (χ3n) is 3.45. The molecule has 0 radical (unpaired) electrons. The van der Waals surface area contributed by atoms with E-state index in [4.69, 9.17) is 5.11 Å². The number of nitrogens with one attached hydrogen (secondary N) is 1. The highest BCUT2D eigenvalue weighted by Crippen LogP contribution is 2.18. The van der Waals surface area contributed by atoms with E-state index in [0.717, 1.165) is 29.4 Å². The standard InChI is InChI=1S/C17H15NO2/c19-17(20)13-7-9-16-14(10-13)11-15(18-16)8-6-12-4-2-1-3-5-12/h1-5,7,9-11,18H,6,8H2,(H,19,20). The number of aromatic nitrogens is 1. The molecule has 0 saturated carbocycles. The fourth-order valence-electron chi connectivity index (χ4n) is 2.38. The largest absolute Gasteiger partial charge is 0.478 e. The van der Waals surface area contributed by atoms with Crippen molar-refractivity contribution in [1.82, 2.24) is 4.98 Å². The SMILES string of the molecule is O=C(O)c1ccc2[nH]c(CCc3ccccc3)cc2c1. The second-order valence-corrected chi connectivity index (χ2v) is 4.89. The third-order valence-corrected chi connectivity index (χ3v) is 3.45. The summed E-state index contributed by atoms with van der Waals surface area (Å²) in [4.78, 5) is 14.3. The van der Waals surface area contributed by atoms with E-state index in [2.05, 4.69) is 17.1 Å². The molecule has 0 unspecified atom stereocenters. The van der Waals surface area contributed by atoms with Gasteiger partial charge in [-0.2, -0.15) is 0 Å². The predicted molar refractivity (Wildman–Crippen MR) is 79.1 cm³/mol. The first kappa shape index (κ1) is 12.5. The number of fused-ring (bicyclic) bond motifs is 1. The zero-order chi connectivity index (χ0) is 13.9. The number of carboxylic acid groups (broad SMARTS) is 1. The minimum absolute atomic E-state index is 0.325. The lowest BCUT2D eigenvalue weighted by Crippen LogP contribution is -1.94. The molecule has 3 heteroatoms. The molecule has 0 atom stereocenters. The van der Waals surface area contributed by atoms with Crippen molar-refractivity contribution >= 4 is 16.9 Å². The first-order valence-electron chi connectivity index (χ1n) is 6.61. The first-order chi connectivity index (χ1) is 9.72. The Labute approximate surface area is 116 Å². The fourth-order valence-corrected chi connectivity index (χ4v) is 2.38. The molecule has 2 aromatic carbocycles. The van der Waals surface area contributed by atoms with E-state index in [1.165, 1.54) is 5.56 Å². The Morgan fingerprint density at radius 3 is 2.55 bits per heavy atom. The molecule has 2 N–H and O–H groups in total. The molecule has 0 aliphatic rings. The van der Waals surface area contributed by atoms with E-state index in [1.54, 1.807) is 12.1 Å². The van der Waals surface area contributed by atoms with E-state index >= 15 is 0 Å². The molecule has 100 valence electrons.